The molecule has 1 N–H and O–H groups in total. The normalized spacial score (nSPS) is 14.0. The minimum absolute atomic E-state index is 0.266. The third-order valence-electron chi connectivity index (χ3n) is 2.99. The number of hydrogen-bond acceptors (Lipinski definition) is 6. The molecule has 6 nitrogen and oxygen atoms in total. The van der Waals surface area contributed by atoms with Gasteiger partial charge in [-0.05, 0) is 13.8 Å². The molecule has 0 radical (unpaired) electrons. The highest BCUT2D eigenvalue weighted by Crippen LogP contribution is 2.20. The van der Waals surface area contributed by atoms with Crippen LogP contribution in [0.3, 0.4) is 0 Å². The van der Waals surface area contributed by atoms with E-state index in [1.807, 2.05) is 5.38 Å². The van der Waals surface area contributed by atoms with Crippen molar-refractivity contribution >= 4 is 33.9 Å². The van der Waals surface area contributed by atoms with Crippen LogP contribution in [-0.2, 0) is 21.3 Å². The Balaban J connectivity index is 1.94. The van der Waals surface area contributed by atoms with Gasteiger partial charge in [0.15, 0.2) is 0 Å². The van der Waals surface area contributed by atoms with Crippen LogP contribution >= 0.6 is 11.3 Å². The fourth-order valence-corrected chi connectivity index (χ4v) is 3.62. The lowest BCUT2D eigenvalue weighted by atomic mass is 10.2. The molecule has 120 valence electrons. The number of amides is 1. The van der Waals surface area contributed by atoms with Gasteiger partial charge in [-0.3, -0.25) is 14.3 Å². The number of anilines is 1. The molecule has 0 bridgehead atoms. The van der Waals surface area contributed by atoms with Crippen molar-refractivity contribution in [3.8, 4) is 0 Å². The van der Waals surface area contributed by atoms with Crippen molar-refractivity contribution in [2.24, 2.45) is 0 Å². The predicted octanol–water partition coefficient (Wildman–Crippen LogP) is 2.84. The SMILES string of the molecule is Cc1cc(NC(=O)[C@@H](C)[S@](=O)Cc2csc(C(C)C)n2)on1. The van der Waals surface area contributed by atoms with Crippen molar-refractivity contribution in [1.82, 2.24) is 10.1 Å². The first-order valence-electron chi connectivity index (χ1n) is 6.92. The predicted molar refractivity (Wildman–Crippen MR) is 87.4 cm³/mol. The standard InChI is InChI=1S/C14H19N3O3S2/c1-8(2)14-15-11(6-21-14)7-22(19)10(4)13(18)16-12-5-9(3)17-20-12/h5-6,8,10H,7H2,1-4H3,(H,16,18)/t10-,22-/m1/s1. The van der Waals surface area contributed by atoms with E-state index in [4.69, 9.17) is 4.52 Å². The van der Waals surface area contributed by atoms with Crippen LogP contribution in [-0.4, -0.2) is 25.5 Å². The minimum Gasteiger partial charge on any atom is -0.338 e. The van der Waals surface area contributed by atoms with Crippen molar-refractivity contribution < 1.29 is 13.5 Å². The average molecular weight is 341 g/mol. The van der Waals surface area contributed by atoms with Crippen molar-refractivity contribution in [2.45, 2.75) is 44.6 Å². The number of thiazole rings is 1. The third-order valence-corrected chi connectivity index (χ3v) is 5.77. The Morgan fingerprint density at radius 1 is 1.45 bits per heavy atom. The van der Waals surface area contributed by atoms with Gasteiger partial charge in [0.1, 0.15) is 5.25 Å². The largest absolute Gasteiger partial charge is 0.338 e. The summed E-state index contributed by atoms with van der Waals surface area (Å²) >= 11 is 1.56. The number of hydrogen-bond donors (Lipinski definition) is 1. The summed E-state index contributed by atoms with van der Waals surface area (Å²) in [5.74, 6) is 0.534. The summed E-state index contributed by atoms with van der Waals surface area (Å²) in [6.07, 6.45) is 0. The van der Waals surface area contributed by atoms with Crippen LogP contribution in [0.5, 0.6) is 0 Å². The molecule has 2 atom stereocenters. The molecule has 0 aliphatic carbocycles. The van der Waals surface area contributed by atoms with E-state index in [0.29, 0.717) is 11.6 Å². The first kappa shape index (κ1) is 16.8. The Morgan fingerprint density at radius 3 is 2.73 bits per heavy atom. The van der Waals surface area contributed by atoms with Gasteiger partial charge in [-0.15, -0.1) is 11.3 Å². The Labute approximate surface area is 135 Å². The summed E-state index contributed by atoms with van der Waals surface area (Å²) in [6, 6.07) is 1.61. The number of nitrogens with one attached hydrogen (secondary N) is 1. The molecular weight excluding hydrogens is 322 g/mol. The van der Waals surface area contributed by atoms with Crippen LogP contribution in [0.25, 0.3) is 0 Å². The van der Waals surface area contributed by atoms with E-state index in [1.165, 1.54) is 0 Å². The molecule has 0 spiro atoms. The first-order chi connectivity index (χ1) is 10.4. The second-order valence-electron chi connectivity index (χ2n) is 5.32. The maximum absolute atomic E-state index is 12.3. The van der Waals surface area contributed by atoms with Crippen LogP contribution in [0.15, 0.2) is 16.0 Å². The average Bonchev–Trinajstić information content (AvgIpc) is 3.07. The molecule has 22 heavy (non-hydrogen) atoms. The summed E-state index contributed by atoms with van der Waals surface area (Å²) < 4.78 is 17.2. The van der Waals surface area contributed by atoms with Crippen LogP contribution in [0, 0.1) is 6.92 Å². The van der Waals surface area contributed by atoms with Gasteiger partial charge >= 0.3 is 0 Å². The summed E-state index contributed by atoms with van der Waals surface area (Å²) in [7, 11) is -1.34. The Bertz CT molecular complexity index is 678. The molecule has 0 aromatic carbocycles. The lowest BCUT2D eigenvalue weighted by Crippen LogP contribution is -2.29. The van der Waals surface area contributed by atoms with Crippen molar-refractivity contribution in [3.63, 3.8) is 0 Å². The third kappa shape index (κ3) is 4.23. The fraction of sp³-hybridized carbons (Fsp3) is 0.500. The van der Waals surface area contributed by atoms with Crippen LogP contribution in [0.2, 0.25) is 0 Å². The second kappa shape index (κ2) is 7.15. The number of aromatic nitrogens is 2. The summed E-state index contributed by atoms with van der Waals surface area (Å²) in [6.45, 7) is 7.52. The van der Waals surface area contributed by atoms with Crippen LogP contribution in [0.1, 0.15) is 43.1 Å². The quantitative estimate of drug-likeness (QED) is 0.873. The zero-order valence-electron chi connectivity index (χ0n) is 13.0. The van der Waals surface area contributed by atoms with E-state index < -0.39 is 16.0 Å². The van der Waals surface area contributed by atoms with Gasteiger partial charge in [-0.1, -0.05) is 19.0 Å². The molecular formula is C14H19N3O3S2. The number of carbonyl (C=O) groups is 1. The molecule has 0 unspecified atom stereocenters. The maximum Gasteiger partial charge on any atom is 0.242 e. The Hall–Kier alpha value is -1.54. The molecule has 0 saturated heterocycles. The molecule has 2 aromatic heterocycles. The molecule has 8 heteroatoms. The van der Waals surface area contributed by atoms with E-state index in [1.54, 1.807) is 31.3 Å². The zero-order chi connectivity index (χ0) is 16.3. The molecule has 0 saturated carbocycles. The summed E-state index contributed by atoms with van der Waals surface area (Å²) in [5, 5.41) is 8.52. The lowest BCUT2D eigenvalue weighted by molar-refractivity contribution is -0.115. The van der Waals surface area contributed by atoms with E-state index in [0.717, 1.165) is 10.7 Å². The molecule has 0 aliphatic heterocycles. The van der Waals surface area contributed by atoms with Gasteiger partial charge in [0.05, 0.1) is 22.1 Å². The number of rotatable bonds is 6. The molecule has 2 rings (SSSR count). The number of aryl methyl sites for hydroxylation is 1. The number of carbonyl (C=O) groups excluding carboxylic acids is 1. The maximum atomic E-state index is 12.3. The first-order valence-corrected chi connectivity index (χ1v) is 9.18. The molecule has 0 fully saturated rings. The van der Waals surface area contributed by atoms with Gasteiger partial charge in [0.2, 0.25) is 11.8 Å². The number of nitrogens with zero attached hydrogens (tertiary/aromatic N) is 2. The van der Waals surface area contributed by atoms with Gasteiger partial charge < -0.3 is 4.52 Å². The summed E-state index contributed by atoms with van der Waals surface area (Å²) in [4.78, 5) is 16.5. The fourth-order valence-electron chi connectivity index (χ4n) is 1.69. The van der Waals surface area contributed by atoms with E-state index in [9.17, 15) is 9.00 Å². The van der Waals surface area contributed by atoms with Gasteiger partial charge in [0.25, 0.3) is 0 Å². The van der Waals surface area contributed by atoms with Crippen LogP contribution in [0.4, 0.5) is 5.88 Å². The Morgan fingerprint density at radius 2 is 2.18 bits per heavy atom. The highest BCUT2D eigenvalue weighted by molar-refractivity contribution is 7.85. The monoisotopic (exact) mass is 341 g/mol. The highest BCUT2D eigenvalue weighted by atomic mass is 32.2. The van der Waals surface area contributed by atoms with Gasteiger partial charge in [0, 0.05) is 28.2 Å². The highest BCUT2D eigenvalue weighted by Gasteiger charge is 2.22. The lowest BCUT2D eigenvalue weighted by Gasteiger charge is -2.09. The van der Waals surface area contributed by atoms with Crippen molar-refractivity contribution in [3.05, 3.63) is 27.8 Å². The van der Waals surface area contributed by atoms with E-state index in [2.05, 4.69) is 29.3 Å². The Kier molecular flexibility index (Phi) is 5.47. The summed E-state index contributed by atoms with van der Waals surface area (Å²) in [5.41, 5.74) is 1.44. The van der Waals surface area contributed by atoms with E-state index in [-0.39, 0.29) is 17.5 Å². The van der Waals surface area contributed by atoms with Gasteiger partial charge in [-0.2, -0.15) is 0 Å². The topological polar surface area (TPSA) is 85.1 Å². The van der Waals surface area contributed by atoms with Crippen molar-refractivity contribution in [2.75, 3.05) is 5.32 Å². The molecule has 2 aromatic rings. The van der Waals surface area contributed by atoms with Crippen LogP contribution < -0.4 is 5.32 Å². The molecule has 1 amide bonds. The van der Waals surface area contributed by atoms with E-state index >= 15 is 0 Å². The second-order valence-corrected chi connectivity index (χ2v) is 7.97. The zero-order valence-corrected chi connectivity index (χ0v) is 14.6. The van der Waals surface area contributed by atoms with Crippen molar-refractivity contribution in [1.29, 1.82) is 0 Å². The smallest absolute Gasteiger partial charge is 0.242 e. The minimum atomic E-state index is -1.34. The molecule has 2 heterocycles. The van der Waals surface area contributed by atoms with Gasteiger partial charge in [-0.25, -0.2) is 4.98 Å². The molecule has 0 aliphatic rings.